The maximum Gasteiger partial charge on any atom is 0.335 e. The number of hydrogen-bond acceptors (Lipinski definition) is 3. The fourth-order valence-electron chi connectivity index (χ4n) is 2.14. The molecule has 0 aliphatic rings. The summed E-state index contributed by atoms with van der Waals surface area (Å²) in [4.78, 5) is 16.7. The molecule has 0 saturated carbocycles. The second-order valence-electron chi connectivity index (χ2n) is 4.44. The molecule has 0 bridgehead atoms. The van der Waals surface area contributed by atoms with Crippen molar-refractivity contribution in [3.05, 3.63) is 40.8 Å². The van der Waals surface area contributed by atoms with Crippen LogP contribution in [0.5, 0.6) is 0 Å². The third-order valence-electron chi connectivity index (χ3n) is 3.19. The first kappa shape index (κ1) is 11.9. The molecule has 0 atom stereocenters. The topological polar surface area (TPSA) is 55.1 Å². The van der Waals surface area contributed by atoms with Crippen LogP contribution in [-0.2, 0) is 7.05 Å². The van der Waals surface area contributed by atoms with E-state index in [4.69, 9.17) is 5.11 Å². The van der Waals surface area contributed by atoms with Gasteiger partial charge in [0.05, 0.1) is 21.5 Å². The Hall–Kier alpha value is -2.14. The number of nitrogens with zero attached hydrogens (tertiary/aromatic N) is 2. The number of carboxylic acids is 1. The summed E-state index contributed by atoms with van der Waals surface area (Å²) in [5, 5.41) is 11.1. The number of carbonyl (C=O) groups is 1. The van der Waals surface area contributed by atoms with Gasteiger partial charge in [-0.1, -0.05) is 0 Å². The zero-order valence-corrected chi connectivity index (χ0v) is 11.4. The zero-order chi connectivity index (χ0) is 13.6. The van der Waals surface area contributed by atoms with Crippen molar-refractivity contribution in [2.24, 2.45) is 7.05 Å². The predicted molar refractivity (Wildman–Crippen MR) is 75.7 cm³/mol. The van der Waals surface area contributed by atoms with Crippen LogP contribution in [-0.4, -0.2) is 20.6 Å². The summed E-state index contributed by atoms with van der Waals surface area (Å²) >= 11 is 1.64. The molecular formula is C14H12N2O2S. The van der Waals surface area contributed by atoms with E-state index in [0.717, 1.165) is 16.2 Å². The minimum absolute atomic E-state index is 0.264. The lowest BCUT2D eigenvalue weighted by atomic mass is 10.2. The number of carboxylic acid groups (broad SMARTS) is 1. The number of thiophene rings is 1. The molecule has 96 valence electrons. The summed E-state index contributed by atoms with van der Waals surface area (Å²) in [6, 6.07) is 7.09. The van der Waals surface area contributed by atoms with Crippen LogP contribution in [0.3, 0.4) is 0 Å². The molecule has 0 aliphatic heterocycles. The predicted octanol–water partition coefficient (Wildman–Crippen LogP) is 3.31. The molecule has 0 saturated heterocycles. The number of fused-ring (bicyclic) bond motifs is 1. The lowest BCUT2D eigenvalue weighted by molar-refractivity contribution is 0.0697. The van der Waals surface area contributed by atoms with E-state index in [1.807, 2.05) is 23.9 Å². The zero-order valence-electron chi connectivity index (χ0n) is 10.5. The Balaban J connectivity index is 2.26. The third kappa shape index (κ3) is 1.82. The fourth-order valence-corrected chi connectivity index (χ4v) is 3.09. The van der Waals surface area contributed by atoms with Crippen LogP contribution in [0.2, 0.25) is 0 Å². The van der Waals surface area contributed by atoms with E-state index >= 15 is 0 Å². The van der Waals surface area contributed by atoms with Crippen molar-refractivity contribution in [1.82, 2.24) is 9.55 Å². The number of hydrogen-bond donors (Lipinski definition) is 1. The Morgan fingerprint density at radius 3 is 2.79 bits per heavy atom. The summed E-state index contributed by atoms with van der Waals surface area (Å²) < 4.78 is 2.00. The van der Waals surface area contributed by atoms with Crippen LogP contribution in [0.25, 0.3) is 21.7 Å². The van der Waals surface area contributed by atoms with E-state index in [0.29, 0.717) is 5.52 Å². The minimum Gasteiger partial charge on any atom is -0.478 e. The van der Waals surface area contributed by atoms with Crippen molar-refractivity contribution in [2.75, 3.05) is 0 Å². The van der Waals surface area contributed by atoms with Crippen LogP contribution in [0, 0.1) is 6.92 Å². The first-order valence-electron chi connectivity index (χ1n) is 5.82. The number of imidazole rings is 1. The average molecular weight is 272 g/mol. The monoisotopic (exact) mass is 272 g/mol. The van der Waals surface area contributed by atoms with Crippen molar-refractivity contribution < 1.29 is 9.90 Å². The van der Waals surface area contributed by atoms with Gasteiger partial charge in [0.1, 0.15) is 0 Å². The summed E-state index contributed by atoms with van der Waals surface area (Å²) in [6.45, 7) is 2.05. The van der Waals surface area contributed by atoms with E-state index in [2.05, 4.69) is 11.1 Å². The highest BCUT2D eigenvalue weighted by Gasteiger charge is 2.14. The van der Waals surface area contributed by atoms with Gasteiger partial charge in [0.15, 0.2) is 5.82 Å². The molecule has 3 aromatic rings. The van der Waals surface area contributed by atoms with E-state index in [-0.39, 0.29) is 5.56 Å². The second kappa shape index (κ2) is 4.20. The third-order valence-corrected chi connectivity index (χ3v) is 4.21. The van der Waals surface area contributed by atoms with Crippen molar-refractivity contribution in [3.63, 3.8) is 0 Å². The maximum atomic E-state index is 11.0. The highest BCUT2D eigenvalue weighted by atomic mass is 32.1. The highest BCUT2D eigenvalue weighted by Crippen LogP contribution is 2.30. The van der Waals surface area contributed by atoms with Gasteiger partial charge in [-0.05, 0) is 42.1 Å². The standard InChI is InChI=1S/C14H12N2O2S/c1-8-5-6-19-12(8)13-15-10-7-9(14(17)18)3-4-11(10)16(13)2/h3-7H,1-2H3,(H,17,18). The van der Waals surface area contributed by atoms with E-state index < -0.39 is 5.97 Å². The Labute approximate surface area is 113 Å². The molecule has 1 aromatic carbocycles. The van der Waals surface area contributed by atoms with Gasteiger partial charge in [0.25, 0.3) is 0 Å². The largest absolute Gasteiger partial charge is 0.478 e. The molecule has 5 heteroatoms. The Morgan fingerprint density at radius 1 is 1.37 bits per heavy atom. The molecule has 3 rings (SSSR count). The minimum atomic E-state index is -0.929. The smallest absolute Gasteiger partial charge is 0.335 e. The molecule has 2 aromatic heterocycles. The van der Waals surface area contributed by atoms with E-state index in [9.17, 15) is 4.79 Å². The second-order valence-corrected chi connectivity index (χ2v) is 5.35. The molecule has 0 radical (unpaired) electrons. The van der Waals surface area contributed by atoms with Crippen molar-refractivity contribution >= 4 is 28.3 Å². The average Bonchev–Trinajstić information content (AvgIpc) is 2.93. The first-order chi connectivity index (χ1) is 9.08. The maximum absolute atomic E-state index is 11.0. The van der Waals surface area contributed by atoms with Crippen molar-refractivity contribution in [3.8, 4) is 10.7 Å². The first-order valence-corrected chi connectivity index (χ1v) is 6.70. The SMILES string of the molecule is Cc1ccsc1-c1nc2cc(C(=O)O)ccc2n1C. The molecule has 1 N–H and O–H groups in total. The normalized spacial score (nSPS) is 11.1. The molecule has 0 amide bonds. The van der Waals surface area contributed by atoms with Crippen LogP contribution < -0.4 is 0 Å². The molecule has 0 unspecified atom stereocenters. The molecule has 2 heterocycles. The van der Waals surface area contributed by atoms with Gasteiger partial charge in [-0.15, -0.1) is 11.3 Å². The molecule has 4 nitrogen and oxygen atoms in total. The summed E-state index contributed by atoms with van der Waals surface area (Å²) in [6.07, 6.45) is 0. The van der Waals surface area contributed by atoms with Gasteiger partial charge >= 0.3 is 5.97 Å². The fraction of sp³-hybridized carbons (Fsp3) is 0.143. The number of aryl methyl sites for hydroxylation is 2. The van der Waals surface area contributed by atoms with Crippen LogP contribution in [0.1, 0.15) is 15.9 Å². The molecular weight excluding hydrogens is 260 g/mol. The van der Waals surface area contributed by atoms with Gasteiger partial charge in [0.2, 0.25) is 0 Å². The molecule has 19 heavy (non-hydrogen) atoms. The molecule has 0 aliphatic carbocycles. The van der Waals surface area contributed by atoms with Crippen LogP contribution in [0.15, 0.2) is 29.6 Å². The lowest BCUT2D eigenvalue weighted by Gasteiger charge is -2.01. The number of aromatic carboxylic acids is 1. The van der Waals surface area contributed by atoms with Crippen molar-refractivity contribution in [1.29, 1.82) is 0 Å². The van der Waals surface area contributed by atoms with E-state index in [1.54, 1.807) is 29.5 Å². The van der Waals surface area contributed by atoms with Gasteiger partial charge in [-0.3, -0.25) is 0 Å². The van der Waals surface area contributed by atoms with Crippen molar-refractivity contribution in [2.45, 2.75) is 6.92 Å². The molecule has 0 spiro atoms. The van der Waals surface area contributed by atoms with Gasteiger partial charge in [-0.25, -0.2) is 9.78 Å². The summed E-state index contributed by atoms with van der Waals surface area (Å²) in [5.74, 6) is -0.0496. The Morgan fingerprint density at radius 2 is 2.16 bits per heavy atom. The lowest BCUT2D eigenvalue weighted by Crippen LogP contribution is -1.95. The van der Waals surface area contributed by atoms with Gasteiger partial charge in [0, 0.05) is 7.05 Å². The number of aromatic nitrogens is 2. The highest BCUT2D eigenvalue weighted by molar-refractivity contribution is 7.13. The van der Waals surface area contributed by atoms with Crippen LogP contribution in [0.4, 0.5) is 0 Å². The van der Waals surface area contributed by atoms with Crippen LogP contribution >= 0.6 is 11.3 Å². The Bertz CT molecular complexity index is 786. The quantitative estimate of drug-likeness (QED) is 0.778. The van der Waals surface area contributed by atoms with Gasteiger partial charge in [-0.2, -0.15) is 0 Å². The number of benzene rings is 1. The van der Waals surface area contributed by atoms with Gasteiger partial charge < -0.3 is 9.67 Å². The molecule has 0 fully saturated rings. The summed E-state index contributed by atoms with van der Waals surface area (Å²) in [5.41, 5.74) is 3.10. The summed E-state index contributed by atoms with van der Waals surface area (Å²) in [7, 11) is 1.95. The number of rotatable bonds is 2. The Kier molecular flexibility index (Phi) is 2.64. The van der Waals surface area contributed by atoms with E-state index in [1.165, 1.54) is 5.56 Å².